The van der Waals surface area contributed by atoms with Crippen LogP contribution in [0.5, 0.6) is 0 Å². The SMILES string of the molecule is Cc1cc2nccc(Cl)c2s1. The summed E-state index contributed by atoms with van der Waals surface area (Å²) in [4.78, 5) is 5.44. The average Bonchev–Trinajstić information content (AvgIpc) is 2.31. The Morgan fingerprint density at radius 2 is 2.36 bits per heavy atom. The highest BCUT2D eigenvalue weighted by Gasteiger charge is 2.01. The molecule has 0 amide bonds. The summed E-state index contributed by atoms with van der Waals surface area (Å²) in [5.74, 6) is 0. The molecule has 0 radical (unpaired) electrons. The lowest BCUT2D eigenvalue weighted by Crippen LogP contribution is -1.69. The Balaban J connectivity index is 2.90. The molecule has 0 N–H and O–H groups in total. The van der Waals surface area contributed by atoms with E-state index in [1.807, 2.05) is 12.1 Å². The summed E-state index contributed by atoms with van der Waals surface area (Å²) in [5, 5.41) is 0.799. The molecule has 0 fully saturated rings. The molecule has 0 aliphatic heterocycles. The van der Waals surface area contributed by atoms with Crippen molar-refractivity contribution in [1.29, 1.82) is 0 Å². The molecule has 0 bridgehead atoms. The molecule has 0 atom stereocenters. The molecule has 0 saturated heterocycles. The third-order valence-electron chi connectivity index (χ3n) is 1.49. The van der Waals surface area contributed by atoms with Crippen molar-refractivity contribution >= 4 is 33.2 Å². The normalized spacial score (nSPS) is 10.7. The molecule has 2 aromatic heterocycles. The zero-order valence-corrected chi connectivity index (χ0v) is 7.54. The Morgan fingerprint density at radius 1 is 1.55 bits per heavy atom. The lowest BCUT2D eigenvalue weighted by Gasteiger charge is -1.88. The standard InChI is InChI=1S/C8H6ClNS/c1-5-4-7-8(11-5)6(9)2-3-10-7/h2-4H,1H3. The van der Waals surface area contributed by atoms with Gasteiger partial charge in [0.25, 0.3) is 0 Å². The van der Waals surface area contributed by atoms with Crippen LogP contribution in [0.15, 0.2) is 18.3 Å². The zero-order valence-electron chi connectivity index (χ0n) is 5.97. The first-order valence-electron chi connectivity index (χ1n) is 3.28. The van der Waals surface area contributed by atoms with Crippen molar-refractivity contribution in [2.24, 2.45) is 0 Å². The summed E-state index contributed by atoms with van der Waals surface area (Å²) in [5.41, 5.74) is 1.00. The quantitative estimate of drug-likeness (QED) is 0.611. The fourth-order valence-electron chi connectivity index (χ4n) is 1.03. The molecular weight excluding hydrogens is 178 g/mol. The number of halogens is 1. The van der Waals surface area contributed by atoms with Crippen molar-refractivity contribution in [2.75, 3.05) is 0 Å². The molecule has 2 rings (SSSR count). The molecule has 3 heteroatoms. The molecule has 2 aromatic rings. The summed E-state index contributed by atoms with van der Waals surface area (Å²) in [7, 11) is 0. The molecule has 2 heterocycles. The minimum atomic E-state index is 0.799. The highest BCUT2D eigenvalue weighted by atomic mass is 35.5. The highest BCUT2D eigenvalue weighted by Crippen LogP contribution is 2.29. The number of rotatable bonds is 0. The number of hydrogen-bond donors (Lipinski definition) is 0. The van der Waals surface area contributed by atoms with Crippen LogP contribution in [0.3, 0.4) is 0 Å². The minimum Gasteiger partial charge on any atom is -0.255 e. The van der Waals surface area contributed by atoms with Gasteiger partial charge in [-0.25, -0.2) is 0 Å². The van der Waals surface area contributed by atoms with Crippen LogP contribution in [0.2, 0.25) is 5.02 Å². The van der Waals surface area contributed by atoms with Crippen molar-refractivity contribution in [3.8, 4) is 0 Å². The predicted molar refractivity (Wildman–Crippen MR) is 49.4 cm³/mol. The number of nitrogens with zero attached hydrogens (tertiary/aromatic N) is 1. The first-order valence-corrected chi connectivity index (χ1v) is 4.47. The Labute approximate surface area is 73.6 Å². The van der Waals surface area contributed by atoms with Crippen LogP contribution in [0.25, 0.3) is 10.2 Å². The van der Waals surface area contributed by atoms with Crippen molar-refractivity contribution in [3.05, 3.63) is 28.2 Å². The van der Waals surface area contributed by atoms with E-state index in [1.54, 1.807) is 17.5 Å². The topological polar surface area (TPSA) is 12.9 Å². The molecule has 0 aliphatic carbocycles. The largest absolute Gasteiger partial charge is 0.255 e. The number of hydrogen-bond acceptors (Lipinski definition) is 2. The third kappa shape index (κ3) is 1.12. The van der Waals surface area contributed by atoms with Gasteiger partial charge in [0.2, 0.25) is 0 Å². The van der Waals surface area contributed by atoms with Crippen LogP contribution in [0, 0.1) is 6.92 Å². The van der Waals surface area contributed by atoms with Crippen LogP contribution in [-0.4, -0.2) is 4.98 Å². The van der Waals surface area contributed by atoms with Crippen LogP contribution in [0.4, 0.5) is 0 Å². The third-order valence-corrected chi connectivity index (χ3v) is 2.99. The second kappa shape index (κ2) is 2.47. The number of aryl methyl sites for hydroxylation is 1. The van der Waals surface area contributed by atoms with Gasteiger partial charge in [-0.05, 0) is 19.1 Å². The Kier molecular flexibility index (Phi) is 1.59. The fraction of sp³-hybridized carbons (Fsp3) is 0.125. The maximum absolute atomic E-state index is 5.94. The zero-order chi connectivity index (χ0) is 7.84. The maximum atomic E-state index is 5.94. The van der Waals surface area contributed by atoms with E-state index in [0.29, 0.717) is 0 Å². The highest BCUT2D eigenvalue weighted by molar-refractivity contribution is 7.19. The van der Waals surface area contributed by atoms with Gasteiger partial charge in [-0.3, -0.25) is 4.98 Å². The molecule has 0 spiro atoms. The second-order valence-electron chi connectivity index (χ2n) is 2.36. The number of thiophene rings is 1. The van der Waals surface area contributed by atoms with Gasteiger partial charge in [0, 0.05) is 11.1 Å². The van der Waals surface area contributed by atoms with Crippen molar-refractivity contribution in [1.82, 2.24) is 4.98 Å². The van der Waals surface area contributed by atoms with Crippen molar-refractivity contribution in [2.45, 2.75) is 6.92 Å². The average molecular weight is 184 g/mol. The Bertz CT molecular complexity index is 394. The molecule has 0 aromatic carbocycles. The molecule has 0 saturated carbocycles. The molecular formula is C8H6ClNS. The molecule has 0 aliphatic rings. The van der Waals surface area contributed by atoms with E-state index in [-0.39, 0.29) is 0 Å². The van der Waals surface area contributed by atoms with Gasteiger partial charge in [0.05, 0.1) is 15.2 Å². The van der Waals surface area contributed by atoms with Crippen molar-refractivity contribution < 1.29 is 0 Å². The smallest absolute Gasteiger partial charge is 0.0827 e. The van der Waals surface area contributed by atoms with E-state index >= 15 is 0 Å². The summed E-state index contributed by atoms with van der Waals surface area (Å²) in [6.45, 7) is 2.06. The number of pyridine rings is 1. The molecule has 56 valence electrons. The van der Waals surface area contributed by atoms with Gasteiger partial charge in [0.15, 0.2) is 0 Å². The molecule has 0 unspecified atom stereocenters. The fourth-order valence-corrected chi connectivity index (χ4v) is 2.17. The first kappa shape index (κ1) is 7.07. The van der Waals surface area contributed by atoms with Crippen LogP contribution in [0.1, 0.15) is 4.88 Å². The number of fused-ring (bicyclic) bond motifs is 1. The second-order valence-corrected chi connectivity index (χ2v) is 4.03. The summed E-state index contributed by atoms with van der Waals surface area (Å²) in [6.07, 6.45) is 1.73. The van der Waals surface area contributed by atoms with E-state index in [9.17, 15) is 0 Å². The van der Waals surface area contributed by atoms with Crippen LogP contribution >= 0.6 is 22.9 Å². The van der Waals surface area contributed by atoms with Gasteiger partial charge in [-0.1, -0.05) is 11.6 Å². The predicted octanol–water partition coefficient (Wildman–Crippen LogP) is 3.26. The van der Waals surface area contributed by atoms with Gasteiger partial charge in [0.1, 0.15) is 0 Å². The Morgan fingerprint density at radius 3 is 3.09 bits per heavy atom. The van der Waals surface area contributed by atoms with E-state index in [4.69, 9.17) is 11.6 Å². The minimum absolute atomic E-state index is 0.799. The maximum Gasteiger partial charge on any atom is 0.0827 e. The summed E-state index contributed by atoms with van der Waals surface area (Å²) >= 11 is 7.63. The van der Waals surface area contributed by atoms with Gasteiger partial charge in [-0.2, -0.15) is 0 Å². The van der Waals surface area contributed by atoms with E-state index in [1.165, 1.54) is 4.88 Å². The lowest BCUT2D eigenvalue weighted by atomic mass is 10.4. The monoisotopic (exact) mass is 183 g/mol. The Hall–Kier alpha value is -0.600. The summed E-state index contributed by atoms with van der Waals surface area (Å²) < 4.78 is 1.09. The molecule has 11 heavy (non-hydrogen) atoms. The summed E-state index contributed by atoms with van der Waals surface area (Å²) in [6, 6.07) is 3.87. The number of aromatic nitrogens is 1. The first-order chi connectivity index (χ1) is 5.27. The lowest BCUT2D eigenvalue weighted by molar-refractivity contribution is 1.42. The van der Waals surface area contributed by atoms with E-state index in [2.05, 4.69) is 11.9 Å². The van der Waals surface area contributed by atoms with E-state index in [0.717, 1.165) is 15.2 Å². The van der Waals surface area contributed by atoms with Crippen molar-refractivity contribution in [3.63, 3.8) is 0 Å². The van der Waals surface area contributed by atoms with Gasteiger partial charge >= 0.3 is 0 Å². The van der Waals surface area contributed by atoms with E-state index < -0.39 is 0 Å². The molecule has 1 nitrogen and oxygen atoms in total. The van der Waals surface area contributed by atoms with Gasteiger partial charge in [-0.15, -0.1) is 11.3 Å². The van der Waals surface area contributed by atoms with Gasteiger partial charge < -0.3 is 0 Å². The van der Waals surface area contributed by atoms with Crippen LogP contribution in [-0.2, 0) is 0 Å². The van der Waals surface area contributed by atoms with Crippen LogP contribution < -0.4 is 0 Å².